The van der Waals surface area contributed by atoms with Gasteiger partial charge in [0, 0.05) is 31.2 Å². The fourth-order valence-electron chi connectivity index (χ4n) is 1.32. The standard InChI is InChI=1S/C10H12FN3S.ClH/c1-14-5-4-8(13-14)6-12-7-9-2-3-10(11)15-9;/h2-5,12H,6-7H2,1H3;1H. The summed E-state index contributed by atoms with van der Waals surface area (Å²) in [7, 11) is 1.89. The number of aromatic nitrogens is 2. The first-order valence-corrected chi connectivity index (χ1v) is 5.49. The molecule has 0 atom stereocenters. The Bertz CT molecular complexity index is 400. The number of hydrogen-bond donors (Lipinski definition) is 1. The number of halogens is 2. The smallest absolute Gasteiger partial charge is 0.176 e. The van der Waals surface area contributed by atoms with Crippen LogP contribution in [-0.4, -0.2) is 9.78 Å². The van der Waals surface area contributed by atoms with Crippen LogP contribution in [0.25, 0.3) is 0 Å². The van der Waals surface area contributed by atoms with E-state index in [9.17, 15) is 4.39 Å². The molecule has 0 radical (unpaired) electrons. The van der Waals surface area contributed by atoms with Gasteiger partial charge >= 0.3 is 0 Å². The van der Waals surface area contributed by atoms with Gasteiger partial charge in [-0.05, 0) is 18.2 Å². The normalized spacial score (nSPS) is 10.1. The van der Waals surface area contributed by atoms with Crippen molar-refractivity contribution in [3.05, 3.63) is 40.1 Å². The van der Waals surface area contributed by atoms with Crippen LogP contribution < -0.4 is 5.32 Å². The average molecular weight is 262 g/mol. The van der Waals surface area contributed by atoms with E-state index in [0.29, 0.717) is 13.1 Å². The molecule has 0 unspecified atom stereocenters. The minimum Gasteiger partial charge on any atom is -0.306 e. The Balaban J connectivity index is 0.00000128. The molecular weight excluding hydrogens is 249 g/mol. The van der Waals surface area contributed by atoms with Crippen molar-refractivity contribution in [2.45, 2.75) is 13.1 Å². The largest absolute Gasteiger partial charge is 0.306 e. The summed E-state index contributed by atoms with van der Waals surface area (Å²) in [6, 6.07) is 5.25. The lowest BCUT2D eigenvalue weighted by molar-refractivity contribution is 0.657. The first-order valence-electron chi connectivity index (χ1n) is 4.67. The minimum atomic E-state index is -0.135. The van der Waals surface area contributed by atoms with Gasteiger partial charge in [-0.3, -0.25) is 4.68 Å². The fourth-order valence-corrected chi connectivity index (χ4v) is 2.01. The highest BCUT2D eigenvalue weighted by molar-refractivity contribution is 7.10. The van der Waals surface area contributed by atoms with Gasteiger partial charge in [-0.2, -0.15) is 9.49 Å². The molecule has 2 rings (SSSR count). The van der Waals surface area contributed by atoms with Gasteiger partial charge in [0.05, 0.1) is 5.69 Å². The second-order valence-electron chi connectivity index (χ2n) is 3.29. The van der Waals surface area contributed by atoms with Crippen LogP contribution in [0.15, 0.2) is 24.4 Å². The predicted molar refractivity (Wildman–Crippen MR) is 65.3 cm³/mol. The lowest BCUT2D eigenvalue weighted by atomic mass is 10.4. The van der Waals surface area contributed by atoms with Crippen LogP contribution in [0.3, 0.4) is 0 Å². The van der Waals surface area contributed by atoms with E-state index in [0.717, 1.165) is 10.6 Å². The van der Waals surface area contributed by atoms with Crippen LogP contribution in [-0.2, 0) is 20.1 Å². The SMILES string of the molecule is Cl.Cn1ccc(CNCc2ccc(F)s2)n1. The molecule has 2 aromatic heterocycles. The maximum Gasteiger partial charge on any atom is 0.176 e. The lowest BCUT2D eigenvalue weighted by Crippen LogP contribution is -2.12. The molecule has 0 saturated carbocycles. The molecule has 0 bridgehead atoms. The van der Waals surface area contributed by atoms with Crippen LogP contribution in [0, 0.1) is 5.13 Å². The highest BCUT2D eigenvalue weighted by Gasteiger charge is 1.99. The third-order valence-electron chi connectivity index (χ3n) is 2.00. The van der Waals surface area contributed by atoms with Crippen LogP contribution in [0.2, 0.25) is 0 Å². The molecule has 0 amide bonds. The highest BCUT2D eigenvalue weighted by atomic mass is 35.5. The zero-order chi connectivity index (χ0) is 10.7. The van der Waals surface area contributed by atoms with Crippen molar-refractivity contribution < 1.29 is 4.39 Å². The molecule has 0 spiro atoms. The Kier molecular flexibility index (Phi) is 4.92. The van der Waals surface area contributed by atoms with Crippen LogP contribution >= 0.6 is 23.7 Å². The van der Waals surface area contributed by atoms with E-state index >= 15 is 0 Å². The molecular formula is C10H13ClFN3S. The summed E-state index contributed by atoms with van der Waals surface area (Å²) >= 11 is 1.17. The summed E-state index contributed by atoms with van der Waals surface area (Å²) in [5.74, 6) is 0. The van der Waals surface area contributed by atoms with Gasteiger partial charge in [0.15, 0.2) is 5.13 Å². The van der Waals surface area contributed by atoms with Crippen LogP contribution in [0.4, 0.5) is 4.39 Å². The molecule has 0 saturated heterocycles. The Morgan fingerprint density at radius 2 is 2.19 bits per heavy atom. The summed E-state index contributed by atoms with van der Waals surface area (Å²) in [6.45, 7) is 1.39. The summed E-state index contributed by atoms with van der Waals surface area (Å²) in [5, 5.41) is 7.31. The summed E-state index contributed by atoms with van der Waals surface area (Å²) in [5.41, 5.74) is 0.995. The Labute approximate surface area is 104 Å². The zero-order valence-corrected chi connectivity index (χ0v) is 10.4. The summed E-state index contributed by atoms with van der Waals surface area (Å²) in [4.78, 5) is 1.00. The Morgan fingerprint density at radius 3 is 2.75 bits per heavy atom. The maximum atomic E-state index is 12.7. The van der Waals surface area contributed by atoms with Crippen molar-refractivity contribution >= 4 is 23.7 Å². The number of aryl methyl sites for hydroxylation is 1. The number of thiophene rings is 1. The van der Waals surface area contributed by atoms with Crippen molar-refractivity contribution in [3.63, 3.8) is 0 Å². The van der Waals surface area contributed by atoms with E-state index in [1.165, 1.54) is 17.4 Å². The van der Waals surface area contributed by atoms with E-state index in [4.69, 9.17) is 0 Å². The van der Waals surface area contributed by atoms with E-state index in [1.807, 2.05) is 19.3 Å². The fraction of sp³-hybridized carbons (Fsp3) is 0.300. The van der Waals surface area contributed by atoms with Crippen molar-refractivity contribution in [1.29, 1.82) is 0 Å². The topological polar surface area (TPSA) is 29.9 Å². The predicted octanol–water partition coefficient (Wildman–Crippen LogP) is 2.33. The van der Waals surface area contributed by atoms with Gasteiger partial charge in [0.25, 0.3) is 0 Å². The molecule has 1 N–H and O–H groups in total. The molecule has 0 aromatic carbocycles. The van der Waals surface area contributed by atoms with E-state index in [1.54, 1.807) is 10.7 Å². The Morgan fingerprint density at radius 1 is 1.38 bits per heavy atom. The Hall–Kier alpha value is -0.910. The minimum absolute atomic E-state index is 0. The molecule has 0 aliphatic carbocycles. The molecule has 0 fully saturated rings. The van der Waals surface area contributed by atoms with E-state index < -0.39 is 0 Å². The van der Waals surface area contributed by atoms with Crippen molar-refractivity contribution in [2.24, 2.45) is 7.05 Å². The van der Waals surface area contributed by atoms with Crippen molar-refractivity contribution in [3.8, 4) is 0 Å². The van der Waals surface area contributed by atoms with E-state index in [2.05, 4.69) is 10.4 Å². The van der Waals surface area contributed by atoms with Gasteiger partial charge in [-0.1, -0.05) is 0 Å². The average Bonchev–Trinajstić information content (AvgIpc) is 2.76. The molecule has 2 heterocycles. The first kappa shape index (κ1) is 13.2. The first-order chi connectivity index (χ1) is 7.24. The van der Waals surface area contributed by atoms with Gasteiger partial charge in [-0.15, -0.1) is 23.7 Å². The van der Waals surface area contributed by atoms with Gasteiger partial charge in [-0.25, -0.2) is 0 Å². The van der Waals surface area contributed by atoms with Crippen molar-refractivity contribution in [2.75, 3.05) is 0 Å². The monoisotopic (exact) mass is 261 g/mol. The molecule has 88 valence electrons. The molecule has 3 nitrogen and oxygen atoms in total. The van der Waals surface area contributed by atoms with Crippen LogP contribution in [0.5, 0.6) is 0 Å². The summed E-state index contributed by atoms with van der Waals surface area (Å²) < 4.78 is 14.4. The molecule has 2 aromatic rings. The lowest BCUT2D eigenvalue weighted by Gasteiger charge is -1.99. The maximum absolute atomic E-state index is 12.7. The molecule has 0 aliphatic rings. The van der Waals surface area contributed by atoms with Gasteiger partial charge in [0.2, 0.25) is 0 Å². The third-order valence-corrected chi connectivity index (χ3v) is 2.88. The number of rotatable bonds is 4. The van der Waals surface area contributed by atoms with Crippen molar-refractivity contribution in [1.82, 2.24) is 15.1 Å². The summed E-state index contributed by atoms with van der Waals surface area (Å²) in [6.07, 6.45) is 1.90. The molecule has 6 heteroatoms. The second kappa shape index (κ2) is 5.98. The highest BCUT2D eigenvalue weighted by Crippen LogP contribution is 2.13. The van der Waals surface area contributed by atoms with Crippen LogP contribution in [0.1, 0.15) is 10.6 Å². The zero-order valence-electron chi connectivity index (χ0n) is 8.81. The second-order valence-corrected chi connectivity index (χ2v) is 4.41. The van der Waals surface area contributed by atoms with E-state index in [-0.39, 0.29) is 17.5 Å². The number of hydrogen-bond acceptors (Lipinski definition) is 3. The number of nitrogens with one attached hydrogen (secondary N) is 1. The quantitative estimate of drug-likeness (QED) is 0.916. The van der Waals surface area contributed by atoms with Gasteiger partial charge in [0.1, 0.15) is 0 Å². The third kappa shape index (κ3) is 3.59. The number of nitrogens with zero attached hydrogens (tertiary/aromatic N) is 2. The van der Waals surface area contributed by atoms with Gasteiger partial charge < -0.3 is 5.32 Å². The molecule has 0 aliphatic heterocycles. The molecule has 16 heavy (non-hydrogen) atoms.